The highest BCUT2D eigenvalue weighted by molar-refractivity contribution is 5.96. The smallest absolute Gasteiger partial charge is 0.336 e. The van der Waals surface area contributed by atoms with E-state index in [1.54, 1.807) is 12.1 Å². The van der Waals surface area contributed by atoms with Gasteiger partial charge in [-0.3, -0.25) is 4.79 Å². The second-order valence-electron chi connectivity index (χ2n) is 10.0. The van der Waals surface area contributed by atoms with E-state index >= 15 is 0 Å². The van der Waals surface area contributed by atoms with Crippen LogP contribution < -0.4 is 5.32 Å². The van der Waals surface area contributed by atoms with Crippen LogP contribution in [-0.2, 0) is 17.8 Å². The molecule has 0 saturated carbocycles. The Morgan fingerprint density at radius 2 is 1.76 bits per heavy atom. The summed E-state index contributed by atoms with van der Waals surface area (Å²) < 4.78 is 2.26. The lowest BCUT2D eigenvalue weighted by molar-refractivity contribution is -0.128. The van der Waals surface area contributed by atoms with E-state index in [4.69, 9.17) is 4.98 Å². The van der Waals surface area contributed by atoms with Crippen molar-refractivity contribution in [2.45, 2.75) is 46.1 Å². The Hall–Kier alpha value is -4.13. The number of nitrogens with one attached hydrogen (secondary N) is 1. The highest BCUT2D eigenvalue weighted by Crippen LogP contribution is 2.28. The van der Waals surface area contributed by atoms with E-state index < -0.39 is 5.97 Å². The van der Waals surface area contributed by atoms with Gasteiger partial charge in [0.15, 0.2) is 0 Å². The van der Waals surface area contributed by atoms with Gasteiger partial charge in [0.25, 0.3) is 0 Å². The maximum Gasteiger partial charge on any atom is 0.336 e. The SMILES string of the molecule is CCCc1nc2c(C)cc(NCC(=O)N3CCCC3)cc2n1Cc1ccc(-c2ccccc2C(=O)O)cc1. The minimum absolute atomic E-state index is 0.144. The first kappa shape index (κ1) is 25.5. The first-order valence-electron chi connectivity index (χ1n) is 13.4. The molecule has 5 rings (SSSR count). The van der Waals surface area contributed by atoms with Gasteiger partial charge in [0.1, 0.15) is 5.82 Å². The molecule has 2 heterocycles. The third kappa shape index (κ3) is 5.28. The van der Waals surface area contributed by atoms with Crippen molar-refractivity contribution in [3.05, 3.63) is 83.2 Å². The quantitative estimate of drug-likeness (QED) is 0.300. The minimum atomic E-state index is -0.930. The van der Waals surface area contributed by atoms with Crippen molar-refractivity contribution in [3.63, 3.8) is 0 Å². The summed E-state index contributed by atoms with van der Waals surface area (Å²) >= 11 is 0. The van der Waals surface area contributed by atoms with Crippen molar-refractivity contribution in [2.75, 3.05) is 25.0 Å². The van der Waals surface area contributed by atoms with Crippen molar-refractivity contribution >= 4 is 28.6 Å². The Bertz CT molecular complexity index is 1470. The Kier molecular flexibility index (Phi) is 7.45. The summed E-state index contributed by atoms with van der Waals surface area (Å²) in [5.74, 6) is 0.252. The van der Waals surface area contributed by atoms with Gasteiger partial charge in [-0.05, 0) is 66.6 Å². The van der Waals surface area contributed by atoms with Crippen LogP contribution >= 0.6 is 0 Å². The van der Waals surface area contributed by atoms with Gasteiger partial charge in [-0.25, -0.2) is 9.78 Å². The number of imidazole rings is 1. The van der Waals surface area contributed by atoms with E-state index in [1.165, 1.54) is 0 Å². The average Bonchev–Trinajstić information content (AvgIpc) is 3.58. The molecule has 4 aromatic rings. The van der Waals surface area contributed by atoms with Crippen LogP contribution in [0.5, 0.6) is 0 Å². The van der Waals surface area contributed by atoms with Crippen molar-refractivity contribution in [1.29, 1.82) is 0 Å². The number of rotatable bonds is 9. The van der Waals surface area contributed by atoms with Gasteiger partial charge in [-0.2, -0.15) is 0 Å². The molecule has 0 aliphatic carbocycles. The molecule has 7 heteroatoms. The van der Waals surface area contributed by atoms with Gasteiger partial charge in [0, 0.05) is 31.7 Å². The maximum absolute atomic E-state index is 12.6. The predicted octanol–water partition coefficient (Wildman–Crippen LogP) is 5.75. The number of carboxylic acid groups (broad SMARTS) is 1. The van der Waals surface area contributed by atoms with Gasteiger partial charge < -0.3 is 19.9 Å². The molecular weight excluding hydrogens is 476 g/mol. The molecule has 1 aromatic heterocycles. The first-order chi connectivity index (χ1) is 18.4. The molecule has 1 saturated heterocycles. The van der Waals surface area contributed by atoms with E-state index in [1.807, 2.05) is 29.2 Å². The molecule has 0 radical (unpaired) electrons. The molecule has 196 valence electrons. The van der Waals surface area contributed by atoms with Crippen LogP contribution in [0.25, 0.3) is 22.2 Å². The monoisotopic (exact) mass is 510 g/mol. The fourth-order valence-corrected chi connectivity index (χ4v) is 5.28. The number of nitrogens with zero attached hydrogens (tertiary/aromatic N) is 3. The number of anilines is 1. The summed E-state index contributed by atoms with van der Waals surface area (Å²) in [6.07, 6.45) is 4.03. The molecule has 1 amide bonds. The number of aromatic carboxylic acids is 1. The number of benzene rings is 3. The number of amides is 1. The molecular formula is C31H34N4O3. The molecule has 0 atom stereocenters. The average molecular weight is 511 g/mol. The van der Waals surface area contributed by atoms with Crippen molar-refractivity contribution < 1.29 is 14.7 Å². The van der Waals surface area contributed by atoms with Gasteiger partial charge in [0.05, 0.1) is 23.1 Å². The molecule has 0 bridgehead atoms. The van der Waals surface area contributed by atoms with Crippen LogP contribution in [0.3, 0.4) is 0 Å². The van der Waals surface area contributed by atoms with E-state index in [-0.39, 0.29) is 5.91 Å². The Morgan fingerprint density at radius 1 is 1.03 bits per heavy atom. The lowest BCUT2D eigenvalue weighted by atomic mass is 9.99. The van der Waals surface area contributed by atoms with Gasteiger partial charge in [0.2, 0.25) is 5.91 Å². The molecule has 1 aliphatic heterocycles. The van der Waals surface area contributed by atoms with Crippen LogP contribution in [0.2, 0.25) is 0 Å². The lowest BCUT2D eigenvalue weighted by Gasteiger charge is -2.16. The van der Waals surface area contributed by atoms with Gasteiger partial charge >= 0.3 is 5.97 Å². The van der Waals surface area contributed by atoms with Crippen LogP contribution in [0.15, 0.2) is 60.7 Å². The Balaban J connectivity index is 1.42. The normalized spacial score (nSPS) is 13.3. The molecule has 0 unspecified atom stereocenters. The predicted molar refractivity (Wildman–Crippen MR) is 151 cm³/mol. The number of fused-ring (bicyclic) bond motifs is 1. The topological polar surface area (TPSA) is 87.5 Å². The molecule has 1 fully saturated rings. The number of hydrogen-bond acceptors (Lipinski definition) is 4. The molecule has 2 N–H and O–H groups in total. The second kappa shape index (κ2) is 11.1. The Labute approximate surface area is 223 Å². The van der Waals surface area contributed by atoms with Crippen LogP contribution in [-0.4, -0.2) is 51.1 Å². The summed E-state index contributed by atoms with van der Waals surface area (Å²) in [5.41, 5.74) is 7.02. The number of likely N-dealkylation sites (tertiary alicyclic amines) is 1. The maximum atomic E-state index is 12.6. The van der Waals surface area contributed by atoms with Crippen LogP contribution in [0, 0.1) is 6.92 Å². The fourth-order valence-electron chi connectivity index (χ4n) is 5.28. The van der Waals surface area contributed by atoms with E-state index in [0.29, 0.717) is 24.2 Å². The first-order valence-corrected chi connectivity index (χ1v) is 13.4. The zero-order chi connectivity index (χ0) is 26.6. The minimum Gasteiger partial charge on any atom is -0.478 e. The number of carbonyl (C=O) groups is 2. The number of aryl methyl sites for hydroxylation is 2. The standard InChI is InChI=1S/C31H34N4O3/c1-3-8-28-33-30-21(2)17-24(32-19-29(36)34-15-6-7-16-34)18-27(30)35(28)20-22-11-13-23(14-12-22)25-9-4-5-10-26(25)31(37)38/h4-5,9-14,17-18,32H,3,6-8,15-16,19-20H2,1-2H3,(H,37,38). The van der Waals surface area contributed by atoms with Crippen LogP contribution in [0.4, 0.5) is 5.69 Å². The van der Waals surface area contributed by atoms with Crippen molar-refractivity contribution in [3.8, 4) is 11.1 Å². The van der Waals surface area contributed by atoms with E-state index in [0.717, 1.165) is 78.0 Å². The zero-order valence-corrected chi connectivity index (χ0v) is 22.0. The summed E-state index contributed by atoms with van der Waals surface area (Å²) in [4.78, 5) is 31.2. The van der Waals surface area contributed by atoms with Crippen LogP contribution in [0.1, 0.15) is 53.5 Å². The summed E-state index contributed by atoms with van der Waals surface area (Å²) in [5, 5.41) is 12.9. The van der Waals surface area contributed by atoms with Crippen molar-refractivity contribution in [2.24, 2.45) is 0 Å². The summed E-state index contributed by atoms with van der Waals surface area (Å²) in [6, 6.07) is 19.3. The number of hydrogen-bond donors (Lipinski definition) is 2. The summed E-state index contributed by atoms with van der Waals surface area (Å²) in [7, 11) is 0. The van der Waals surface area contributed by atoms with Gasteiger partial charge in [-0.15, -0.1) is 0 Å². The highest BCUT2D eigenvalue weighted by atomic mass is 16.4. The number of carboxylic acids is 1. The third-order valence-corrected chi connectivity index (χ3v) is 7.26. The fraction of sp³-hybridized carbons (Fsp3) is 0.323. The van der Waals surface area contributed by atoms with E-state index in [2.05, 4.69) is 48.0 Å². The second-order valence-corrected chi connectivity index (χ2v) is 10.0. The molecule has 0 spiro atoms. The molecule has 3 aromatic carbocycles. The number of aromatic nitrogens is 2. The molecule has 38 heavy (non-hydrogen) atoms. The molecule has 7 nitrogen and oxygen atoms in total. The zero-order valence-electron chi connectivity index (χ0n) is 22.0. The van der Waals surface area contributed by atoms with Crippen molar-refractivity contribution in [1.82, 2.24) is 14.5 Å². The third-order valence-electron chi connectivity index (χ3n) is 7.26. The molecule has 1 aliphatic rings. The highest BCUT2D eigenvalue weighted by Gasteiger charge is 2.19. The largest absolute Gasteiger partial charge is 0.478 e. The number of carbonyl (C=O) groups excluding carboxylic acids is 1. The van der Waals surface area contributed by atoms with E-state index in [9.17, 15) is 14.7 Å². The Morgan fingerprint density at radius 3 is 2.47 bits per heavy atom. The van der Waals surface area contributed by atoms with Gasteiger partial charge in [-0.1, -0.05) is 49.4 Å². The summed E-state index contributed by atoms with van der Waals surface area (Å²) in [6.45, 7) is 6.88. The lowest BCUT2D eigenvalue weighted by Crippen LogP contribution is -2.32.